The number of imide groups is 1. The summed E-state index contributed by atoms with van der Waals surface area (Å²) in [4.78, 5) is 37.5. The molecule has 0 spiro atoms. The highest BCUT2D eigenvalue weighted by Gasteiger charge is 2.39. The van der Waals surface area contributed by atoms with Crippen LogP contribution >= 0.6 is 0 Å². The second-order valence-corrected chi connectivity index (χ2v) is 5.49. The molecule has 2 aromatic rings. The van der Waals surface area contributed by atoms with E-state index in [1.54, 1.807) is 55.6 Å². The van der Waals surface area contributed by atoms with Crippen molar-refractivity contribution >= 4 is 23.5 Å². The molecule has 1 heterocycles. The van der Waals surface area contributed by atoms with E-state index in [1.165, 1.54) is 0 Å². The Labute approximate surface area is 144 Å². The van der Waals surface area contributed by atoms with Crippen LogP contribution in [0, 0.1) is 0 Å². The van der Waals surface area contributed by atoms with E-state index < -0.39 is 23.9 Å². The highest BCUT2D eigenvalue weighted by atomic mass is 16.5. The fourth-order valence-corrected chi connectivity index (χ4v) is 2.56. The van der Waals surface area contributed by atoms with Crippen molar-refractivity contribution in [3.63, 3.8) is 0 Å². The maximum Gasteiger partial charge on any atom is 0.325 e. The zero-order valence-electron chi connectivity index (χ0n) is 13.6. The Bertz CT molecular complexity index is 790. The summed E-state index contributed by atoms with van der Waals surface area (Å²) >= 11 is 0. The van der Waals surface area contributed by atoms with Gasteiger partial charge in [-0.05, 0) is 29.8 Å². The Morgan fingerprint density at radius 1 is 1.12 bits per heavy atom. The van der Waals surface area contributed by atoms with Crippen molar-refractivity contribution in [3.05, 3.63) is 60.2 Å². The molecule has 1 saturated heterocycles. The van der Waals surface area contributed by atoms with Gasteiger partial charge in [-0.15, -0.1) is 0 Å². The summed E-state index contributed by atoms with van der Waals surface area (Å²) in [5, 5.41) is 5.24. The summed E-state index contributed by atoms with van der Waals surface area (Å²) in [6.45, 7) is -0.347. The van der Waals surface area contributed by atoms with Crippen molar-refractivity contribution in [3.8, 4) is 5.75 Å². The summed E-state index contributed by atoms with van der Waals surface area (Å²) in [5.74, 6) is -0.235. The van der Waals surface area contributed by atoms with Crippen molar-refractivity contribution < 1.29 is 19.1 Å². The van der Waals surface area contributed by atoms with E-state index in [0.29, 0.717) is 17.0 Å². The van der Waals surface area contributed by atoms with E-state index in [4.69, 9.17) is 4.74 Å². The fraction of sp³-hybridized carbons (Fsp3) is 0.167. The topological polar surface area (TPSA) is 87.7 Å². The van der Waals surface area contributed by atoms with Crippen molar-refractivity contribution in [2.75, 3.05) is 19.0 Å². The van der Waals surface area contributed by atoms with Gasteiger partial charge in [0.05, 0.1) is 7.11 Å². The van der Waals surface area contributed by atoms with Gasteiger partial charge >= 0.3 is 6.03 Å². The first-order valence-corrected chi connectivity index (χ1v) is 7.69. The molecule has 0 radical (unpaired) electrons. The quantitative estimate of drug-likeness (QED) is 0.815. The standard InChI is InChI=1S/C18H17N3O4/c1-25-14-9-7-13(8-10-14)19-15(22)11-21-17(23)16(20-18(21)24)12-5-3-2-4-6-12/h2-10,16H,11H2,1H3,(H,19,22)(H,20,24). The van der Waals surface area contributed by atoms with Gasteiger partial charge in [0.1, 0.15) is 18.3 Å². The summed E-state index contributed by atoms with van der Waals surface area (Å²) < 4.78 is 5.05. The summed E-state index contributed by atoms with van der Waals surface area (Å²) in [6.07, 6.45) is 0. The lowest BCUT2D eigenvalue weighted by Gasteiger charge is -2.13. The number of carbonyl (C=O) groups excluding carboxylic acids is 3. The number of hydrogen-bond acceptors (Lipinski definition) is 4. The minimum atomic E-state index is -0.762. The van der Waals surface area contributed by atoms with Gasteiger partial charge in [-0.3, -0.25) is 14.5 Å². The molecule has 0 saturated carbocycles. The van der Waals surface area contributed by atoms with Gasteiger partial charge in [0, 0.05) is 5.69 Å². The van der Waals surface area contributed by atoms with Crippen molar-refractivity contribution in [1.29, 1.82) is 0 Å². The third-order valence-corrected chi connectivity index (χ3v) is 3.83. The average Bonchev–Trinajstić information content (AvgIpc) is 2.91. The monoisotopic (exact) mass is 339 g/mol. The van der Waals surface area contributed by atoms with Crippen LogP contribution < -0.4 is 15.4 Å². The maximum absolute atomic E-state index is 12.4. The molecule has 0 aliphatic carbocycles. The predicted molar refractivity (Wildman–Crippen MR) is 91.1 cm³/mol. The molecule has 1 unspecified atom stereocenters. The van der Waals surface area contributed by atoms with E-state index in [1.807, 2.05) is 6.07 Å². The normalized spacial score (nSPS) is 16.5. The molecule has 7 nitrogen and oxygen atoms in total. The van der Waals surface area contributed by atoms with E-state index in [0.717, 1.165) is 4.90 Å². The van der Waals surface area contributed by atoms with Crippen LogP contribution in [0.5, 0.6) is 5.75 Å². The number of anilines is 1. The Balaban J connectivity index is 1.64. The first-order chi connectivity index (χ1) is 12.1. The summed E-state index contributed by atoms with van der Waals surface area (Å²) in [5.41, 5.74) is 1.23. The Hall–Kier alpha value is -3.35. The highest BCUT2D eigenvalue weighted by molar-refractivity contribution is 6.08. The second-order valence-electron chi connectivity index (χ2n) is 5.49. The van der Waals surface area contributed by atoms with Crippen LogP contribution in [0.15, 0.2) is 54.6 Å². The molecule has 1 aliphatic heterocycles. The Morgan fingerprint density at radius 3 is 2.44 bits per heavy atom. The van der Waals surface area contributed by atoms with Gasteiger partial charge in [0.15, 0.2) is 0 Å². The highest BCUT2D eigenvalue weighted by Crippen LogP contribution is 2.21. The third kappa shape index (κ3) is 3.60. The predicted octanol–water partition coefficient (Wildman–Crippen LogP) is 1.93. The number of amides is 4. The van der Waals surface area contributed by atoms with Crippen LogP contribution in [0.25, 0.3) is 0 Å². The smallest absolute Gasteiger partial charge is 0.325 e. The number of carbonyl (C=O) groups is 3. The SMILES string of the molecule is COc1ccc(NC(=O)CN2C(=O)NC(c3ccccc3)C2=O)cc1. The van der Waals surface area contributed by atoms with E-state index in [2.05, 4.69) is 10.6 Å². The van der Waals surface area contributed by atoms with Crippen LogP contribution in [0.1, 0.15) is 11.6 Å². The van der Waals surface area contributed by atoms with Crippen LogP contribution in [0.3, 0.4) is 0 Å². The summed E-state index contributed by atoms with van der Waals surface area (Å²) in [7, 11) is 1.55. The van der Waals surface area contributed by atoms with Gasteiger partial charge in [0.2, 0.25) is 5.91 Å². The molecule has 2 N–H and O–H groups in total. The Morgan fingerprint density at radius 2 is 1.80 bits per heavy atom. The number of hydrogen-bond donors (Lipinski definition) is 2. The van der Waals surface area contributed by atoms with Gasteiger partial charge in [-0.1, -0.05) is 30.3 Å². The fourth-order valence-electron chi connectivity index (χ4n) is 2.56. The molecular formula is C18H17N3O4. The molecule has 1 aliphatic rings. The number of urea groups is 1. The minimum absolute atomic E-state index is 0.347. The number of ether oxygens (including phenoxy) is 1. The van der Waals surface area contributed by atoms with Crippen LogP contribution in [0.2, 0.25) is 0 Å². The van der Waals surface area contributed by atoms with Gasteiger partial charge in [-0.2, -0.15) is 0 Å². The zero-order valence-corrected chi connectivity index (χ0v) is 13.6. The van der Waals surface area contributed by atoms with Crippen molar-refractivity contribution in [2.45, 2.75) is 6.04 Å². The van der Waals surface area contributed by atoms with Crippen molar-refractivity contribution in [2.24, 2.45) is 0 Å². The molecule has 0 bridgehead atoms. The molecule has 0 aromatic heterocycles. The van der Waals surface area contributed by atoms with Gasteiger partial charge < -0.3 is 15.4 Å². The minimum Gasteiger partial charge on any atom is -0.497 e. The van der Waals surface area contributed by atoms with Crippen LogP contribution in [0.4, 0.5) is 10.5 Å². The molecule has 2 aromatic carbocycles. The molecule has 4 amide bonds. The maximum atomic E-state index is 12.4. The number of rotatable bonds is 5. The van der Waals surface area contributed by atoms with Crippen molar-refractivity contribution in [1.82, 2.24) is 10.2 Å². The molecule has 1 atom stereocenters. The molecule has 128 valence electrons. The molecular weight excluding hydrogens is 322 g/mol. The largest absolute Gasteiger partial charge is 0.497 e. The zero-order chi connectivity index (χ0) is 17.8. The average molecular weight is 339 g/mol. The molecule has 7 heteroatoms. The first kappa shape index (κ1) is 16.5. The number of benzene rings is 2. The number of methoxy groups -OCH3 is 1. The number of nitrogens with zero attached hydrogens (tertiary/aromatic N) is 1. The van der Waals surface area contributed by atoms with Crippen LogP contribution in [-0.2, 0) is 9.59 Å². The van der Waals surface area contributed by atoms with E-state index in [9.17, 15) is 14.4 Å². The van der Waals surface area contributed by atoms with Gasteiger partial charge in [0.25, 0.3) is 5.91 Å². The molecule has 3 rings (SSSR count). The second kappa shape index (κ2) is 7.04. The molecule has 1 fully saturated rings. The van der Waals surface area contributed by atoms with E-state index >= 15 is 0 Å². The lowest BCUT2D eigenvalue weighted by Crippen LogP contribution is -2.38. The lowest BCUT2D eigenvalue weighted by atomic mass is 10.1. The third-order valence-electron chi connectivity index (χ3n) is 3.83. The molecule has 25 heavy (non-hydrogen) atoms. The lowest BCUT2D eigenvalue weighted by molar-refractivity contribution is -0.130. The Kier molecular flexibility index (Phi) is 4.65. The summed E-state index contributed by atoms with van der Waals surface area (Å²) in [6, 6.07) is 14.3. The number of nitrogens with one attached hydrogen (secondary N) is 2. The first-order valence-electron chi connectivity index (χ1n) is 7.69. The van der Waals surface area contributed by atoms with Crippen LogP contribution in [-0.4, -0.2) is 36.4 Å². The van der Waals surface area contributed by atoms with E-state index in [-0.39, 0.29) is 6.54 Å². The van der Waals surface area contributed by atoms with Gasteiger partial charge in [-0.25, -0.2) is 4.79 Å².